The minimum Gasteiger partial charge on any atom is -0.504 e. The molecule has 3 atom stereocenters. The Morgan fingerprint density at radius 1 is 1.36 bits per heavy atom. The molecule has 0 heterocycles. The van der Waals surface area contributed by atoms with Crippen molar-refractivity contribution in [3.05, 3.63) is 36.4 Å². The fourth-order valence-electron chi connectivity index (χ4n) is 3.76. The molecule has 0 amide bonds. The first-order chi connectivity index (χ1) is 10.5. The number of aromatic hydroxyl groups is 1. The van der Waals surface area contributed by atoms with Crippen LogP contribution < -0.4 is 4.74 Å². The van der Waals surface area contributed by atoms with Crippen molar-refractivity contribution in [2.24, 2.45) is 23.7 Å². The van der Waals surface area contributed by atoms with Crippen molar-refractivity contribution in [1.82, 2.24) is 0 Å². The van der Waals surface area contributed by atoms with Gasteiger partial charge in [0.25, 0.3) is 0 Å². The van der Waals surface area contributed by atoms with Gasteiger partial charge in [-0.1, -0.05) is 39.3 Å². The average molecular weight is 302 g/mol. The zero-order valence-corrected chi connectivity index (χ0v) is 14.2. The number of phenolic OH excluding ortho intramolecular Hbond substituents is 1. The number of hydrogen-bond acceptors (Lipinski definition) is 2. The van der Waals surface area contributed by atoms with Gasteiger partial charge in [0.05, 0.1) is 6.61 Å². The van der Waals surface area contributed by atoms with Crippen molar-refractivity contribution in [2.75, 3.05) is 6.61 Å². The summed E-state index contributed by atoms with van der Waals surface area (Å²) in [4.78, 5) is 0. The zero-order chi connectivity index (χ0) is 16.1. The van der Waals surface area contributed by atoms with Gasteiger partial charge >= 0.3 is 0 Å². The second kappa shape index (κ2) is 7.71. The van der Waals surface area contributed by atoms with Crippen molar-refractivity contribution < 1.29 is 9.84 Å². The van der Waals surface area contributed by atoms with Crippen molar-refractivity contribution in [1.29, 1.82) is 0 Å². The van der Waals surface area contributed by atoms with Gasteiger partial charge in [0.2, 0.25) is 0 Å². The molecule has 122 valence electrons. The van der Waals surface area contributed by atoms with Gasteiger partial charge in [0, 0.05) is 0 Å². The molecule has 1 aromatic carbocycles. The molecular formula is C20H30O2. The second-order valence-corrected chi connectivity index (χ2v) is 7.19. The third-order valence-corrected chi connectivity index (χ3v) is 5.02. The molecule has 0 saturated heterocycles. The fraction of sp³-hybridized carbons (Fsp3) is 0.600. The predicted octanol–water partition coefficient (Wildman–Crippen LogP) is 5.21. The van der Waals surface area contributed by atoms with Gasteiger partial charge in [-0.15, -0.1) is 6.58 Å². The number of phenols is 1. The molecule has 1 fully saturated rings. The van der Waals surface area contributed by atoms with Crippen molar-refractivity contribution in [3.8, 4) is 11.5 Å². The van der Waals surface area contributed by atoms with Crippen LogP contribution in [-0.2, 0) is 6.42 Å². The normalized spacial score (nSPS) is 25.2. The van der Waals surface area contributed by atoms with E-state index in [9.17, 15) is 5.11 Å². The topological polar surface area (TPSA) is 29.5 Å². The van der Waals surface area contributed by atoms with Gasteiger partial charge in [-0.25, -0.2) is 0 Å². The molecule has 2 heteroatoms. The summed E-state index contributed by atoms with van der Waals surface area (Å²) in [6.45, 7) is 11.4. The number of ether oxygens (including phenoxy) is 1. The first-order valence-corrected chi connectivity index (χ1v) is 8.56. The van der Waals surface area contributed by atoms with E-state index < -0.39 is 0 Å². The Balaban J connectivity index is 2.03. The highest BCUT2D eigenvalue weighted by Crippen LogP contribution is 2.39. The molecular weight excluding hydrogens is 272 g/mol. The highest BCUT2D eigenvalue weighted by atomic mass is 16.5. The van der Waals surface area contributed by atoms with E-state index in [0.717, 1.165) is 23.8 Å². The monoisotopic (exact) mass is 302 g/mol. The standard InChI is InChI=1S/C20H30O2/c1-5-6-16-8-10-19(21)20(12-16)22-13-17-11-15(4)7-9-18(17)14(2)3/h5,8,10,12,14-15,17-18,21H,1,6-7,9,11,13H2,2-4H3/t15-,17+,18+/m0/s1. The molecule has 1 aliphatic carbocycles. The van der Waals surface area contributed by atoms with E-state index >= 15 is 0 Å². The van der Waals surface area contributed by atoms with Crippen LogP contribution >= 0.6 is 0 Å². The lowest BCUT2D eigenvalue weighted by Gasteiger charge is -2.37. The Kier molecular flexibility index (Phi) is 5.93. The van der Waals surface area contributed by atoms with Crippen LogP contribution in [0.2, 0.25) is 0 Å². The molecule has 22 heavy (non-hydrogen) atoms. The van der Waals surface area contributed by atoms with Gasteiger partial charge in [-0.2, -0.15) is 0 Å². The van der Waals surface area contributed by atoms with Crippen LogP contribution in [0.1, 0.15) is 45.6 Å². The highest BCUT2D eigenvalue weighted by molar-refractivity contribution is 5.42. The summed E-state index contributed by atoms with van der Waals surface area (Å²) in [6, 6.07) is 5.58. The summed E-state index contributed by atoms with van der Waals surface area (Å²) in [5.74, 6) is 3.64. The number of allylic oxidation sites excluding steroid dienone is 1. The molecule has 0 unspecified atom stereocenters. The molecule has 1 N–H and O–H groups in total. The lowest BCUT2D eigenvalue weighted by molar-refractivity contribution is 0.0921. The number of rotatable bonds is 6. The molecule has 2 nitrogen and oxygen atoms in total. The van der Waals surface area contributed by atoms with E-state index in [2.05, 4.69) is 27.4 Å². The van der Waals surface area contributed by atoms with Crippen LogP contribution in [0.15, 0.2) is 30.9 Å². The second-order valence-electron chi connectivity index (χ2n) is 7.19. The summed E-state index contributed by atoms with van der Waals surface area (Å²) < 4.78 is 6.01. The Labute approximate surface area is 135 Å². The van der Waals surface area contributed by atoms with Gasteiger partial charge in [-0.3, -0.25) is 0 Å². The highest BCUT2D eigenvalue weighted by Gasteiger charge is 2.31. The van der Waals surface area contributed by atoms with Crippen molar-refractivity contribution >= 4 is 0 Å². The Morgan fingerprint density at radius 3 is 2.82 bits per heavy atom. The quantitative estimate of drug-likeness (QED) is 0.731. The largest absolute Gasteiger partial charge is 0.504 e. The van der Waals surface area contributed by atoms with E-state index in [1.54, 1.807) is 6.07 Å². The fourth-order valence-corrected chi connectivity index (χ4v) is 3.76. The maximum Gasteiger partial charge on any atom is 0.161 e. The molecule has 0 aliphatic heterocycles. The van der Waals surface area contributed by atoms with Crippen molar-refractivity contribution in [2.45, 2.75) is 46.5 Å². The lowest BCUT2D eigenvalue weighted by atomic mass is 9.70. The maximum absolute atomic E-state index is 10.0. The zero-order valence-electron chi connectivity index (χ0n) is 14.2. The molecule has 0 spiro atoms. The van der Waals surface area contributed by atoms with Crippen LogP contribution in [0, 0.1) is 23.7 Å². The third-order valence-electron chi connectivity index (χ3n) is 5.02. The summed E-state index contributed by atoms with van der Waals surface area (Å²) in [5.41, 5.74) is 1.13. The number of hydrogen-bond donors (Lipinski definition) is 1. The Bertz CT molecular complexity index is 492. The molecule has 1 aliphatic rings. The SMILES string of the molecule is C=CCc1ccc(O)c(OC[C@H]2C[C@@H](C)CC[C@@H]2C(C)C)c1. The first kappa shape index (κ1) is 16.9. The summed E-state index contributed by atoms with van der Waals surface area (Å²) in [5, 5.41) is 10.0. The average Bonchev–Trinajstić information content (AvgIpc) is 2.47. The maximum atomic E-state index is 10.0. The Morgan fingerprint density at radius 2 is 2.14 bits per heavy atom. The summed E-state index contributed by atoms with van der Waals surface area (Å²) in [6.07, 6.45) is 6.53. The van der Waals surface area contributed by atoms with Crippen molar-refractivity contribution in [3.63, 3.8) is 0 Å². The van der Waals surface area contributed by atoms with E-state index in [4.69, 9.17) is 4.74 Å². The van der Waals surface area contributed by atoms with Gasteiger partial charge < -0.3 is 9.84 Å². The Hall–Kier alpha value is -1.44. The number of benzene rings is 1. The summed E-state index contributed by atoms with van der Waals surface area (Å²) >= 11 is 0. The van der Waals surface area contributed by atoms with Crippen LogP contribution in [0.25, 0.3) is 0 Å². The van der Waals surface area contributed by atoms with Crippen LogP contribution in [0.3, 0.4) is 0 Å². The molecule has 1 saturated carbocycles. The molecule has 2 rings (SSSR count). The minimum atomic E-state index is 0.234. The van der Waals surface area contributed by atoms with E-state index in [1.165, 1.54) is 19.3 Å². The molecule has 0 bridgehead atoms. The van der Waals surface area contributed by atoms with E-state index in [-0.39, 0.29) is 5.75 Å². The van der Waals surface area contributed by atoms with Gasteiger partial charge in [0.1, 0.15) is 0 Å². The molecule has 0 radical (unpaired) electrons. The van der Waals surface area contributed by atoms with Crippen LogP contribution in [-0.4, -0.2) is 11.7 Å². The van der Waals surface area contributed by atoms with E-state index in [0.29, 0.717) is 24.2 Å². The predicted molar refractivity (Wildman–Crippen MR) is 92.3 cm³/mol. The van der Waals surface area contributed by atoms with Gasteiger partial charge in [0.15, 0.2) is 11.5 Å². The molecule has 1 aromatic rings. The summed E-state index contributed by atoms with van der Waals surface area (Å²) in [7, 11) is 0. The van der Waals surface area contributed by atoms with E-state index in [1.807, 2.05) is 18.2 Å². The smallest absolute Gasteiger partial charge is 0.161 e. The van der Waals surface area contributed by atoms with Crippen LogP contribution in [0.4, 0.5) is 0 Å². The molecule has 0 aromatic heterocycles. The first-order valence-electron chi connectivity index (χ1n) is 8.56. The van der Waals surface area contributed by atoms with Gasteiger partial charge in [-0.05, 0) is 60.6 Å². The lowest BCUT2D eigenvalue weighted by Crippen LogP contribution is -2.31. The van der Waals surface area contributed by atoms with Crippen LogP contribution in [0.5, 0.6) is 11.5 Å². The third kappa shape index (κ3) is 4.28. The minimum absolute atomic E-state index is 0.234.